The number of halogens is 1. The molecule has 0 saturated carbocycles. The van der Waals surface area contributed by atoms with Crippen LogP contribution in [0.1, 0.15) is 44.7 Å². The van der Waals surface area contributed by atoms with E-state index in [9.17, 15) is 22.4 Å². The fourth-order valence-electron chi connectivity index (χ4n) is 4.28. The van der Waals surface area contributed by atoms with Crippen molar-refractivity contribution >= 4 is 27.5 Å². The first-order chi connectivity index (χ1) is 19.5. The lowest BCUT2D eigenvalue weighted by molar-refractivity contribution is -0.140. The second-order valence-electron chi connectivity index (χ2n) is 9.92. The Morgan fingerprint density at radius 1 is 0.976 bits per heavy atom. The fourth-order valence-corrected chi connectivity index (χ4v) is 5.68. The van der Waals surface area contributed by atoms with Gasteiger partial charge >= 0.3 is 0 Å². The van der Waals surface area contributed by atoms with Crippen molar-refractivity contribution in [3.05, 3.63) is 89.7 Å². The van der Waals surface area contributed by atoms with Crippen LogP contribution in [0, 0.1) is 12.7 Å². The zero-order valence-corrected chi connectivity index (χ0v) is 24.9. The van der Waals surface area contributed by atoms with Crippen molar-refractivity contribution in [2.45, 2.75) is 64.1 Å². The van der Waals surface area contributed by atoms with Gasteiger partial charge in [0, 0.05) is 18.7 Å². The van der Waals surface area contributed by atoms with Crippen molar-refractivity contribution in [2.75, 3.05) is 18.0 Å². The van der Waals surface area contributed by atoms with Crippen LogP contribution in [0.25, 0.3) is 0 Å². The van der Waals surface area contributed by atoms with E-state index >= 15 is 0 Å². The summed E-state index contributed by atoms with van der Waals surface area (Å²) >= 11 is 0. The fraction of sp³-hybridized carbons (Fsp3) is 0.355. The Morgan fingerprint density at radius 3 is 2.22 bits per heavy atom. The molecule has 3 aromatic rings. The molecule has 0 aliphatic rings. The van der Waals surface area contributed by atoms with Crippen molar-refractivity contribution in [1.29, 1.82) is 0 Å². The Labute approximate surface area is 242 Å². The molecule has 220 valence electrons. The van der Waals surface area contributed by atoms with Crippen LogP contribution in [0.4, 0.5) is 10.1 Å². The number of nitrogens with one attached hydrogen (secondary N) is 1. The van der Waals surface area contributed by atoms with E-state index in [0.717, 1.165) is 9.87 Å². The molecule has 3 rings (SSSR count). The first-order valence-electron chi connectivity index (χ1n) is 13.6. The number of aryl methyl sites for hydroxylation is 1. The number of ether oxygens (including phenoxy) is 1. The predicted molar refractivity (Wildman–Crippen MR) is 158 cm³/mol. The van der Waals surface area contributed by atoms with Crippen LogP contribution in [0.3, 0.4) is 0 Å². The lowest BCUT2D eigenvalue weighted by atomic mass is 10.1. The monoisotopic (exact) mass is 583 g/mol. The van der Waals surface area contributed by atoms with Crippen molar-refractivity contribution in [3.8, 4) is 5.75 Å². The second kappa shape index (κ2) is 14.1. The van der Waals surface area contributed by atoms with E-state index in [1.54, 1.807) is 37.3 Å². The Balaban J connectivity index is 2.07. The summed E-state index contributed by atoms with van der Waals surface area (Å²) in [4.78, 5) is 28.8. The van der Waals surface area contributed by atoms with Gasteiger partial charge in [0.15, 0.2) is 0 Å². The molecular formula is C31H38FN3O5S. The third-order valence-electron chi connectivity index (χ3n) is 6.88. The molecule has 3 aromatic carbocycles. The Kier molecular flexibility index (Phi) is 10.9. The van der Waals surface area contributed by atoms with Crippen LogP contribution >= 0.6 is 0 Å². The number of hydrogen-bond donors (Lipinski definition) is 1. The van der Waals surface area contributed by atoms with Crippen LogP contribution in [0.2, 0.25) is 0 Å². The molecule has 0 aromatic heterocycles. The largest absolute Gasteiger partial charge is 0.497 e. The molecule has 1 N–H and O–H groups in total. The normalized spacial score (nSPS) is 12.7. The minimum Gasteiger partial charge on any atom is -0.497 e. The average Bonchev–Trinajstić information content (AvgIpc) is 2.96. The zero-order valence-electron chi connectivity index (χ0n) is 24.1. The van der Waals surface area contributed by atoms with Gasteiger partial charge in [0.2, 0.25) is 11.8 Å². The van der Waals surface area contributed by atoms with Gasteiger partial charge in [0.25, 0.3) is 10.0 Å². The number of amides is 2. The summed E-state index contributed by atoms with van der Waals surface area (Å²) in [5.74, 6) is -0.936. The van der Waals surface area contributed by atoms with Crippen LogP contribution in [0.5, 0.6) is 5.75 Å². The average molecular weight is 584 g/mol. The van der Waals surface area contributed by atoms with Crippen LogP contribution in [-0.2, 0) is 26.2 Å². The molecule has 0 bridgehead atoms. The first kappa shape index (κ1) is 31.6. The number of hydrogen-bond acceptors (Lipinski definition) is 5. The SMILES string of the molecule is CCC(C)NC(=O)C(CC)N(Cc1ccc(F)cc1)C(=O)CN(c1cccc(OC)c1)S(=O)(=O)c1ccc(C)cc1. The van der Waals surface area contributed by atoms with E-state index in [1.165, 1.54) is 54.5 Å². The third kappa shape index (κ3) is 8.07. The van der Waals surface area contributed by atoms with Gasteiger partial charge in [-0.25, -0.2) is 12.8 Å². The lowest BCUT2D eigenvalue weighted by Gasteiger charge is -2.33. The number of methoxy groups -OCH3 is 1. The molecule has 10 heteroatoms. The highest BCUT2D eigenvalue weighted by Crippen LogP contribution is 2.28. The van der Waals surface area contributed by atoms with Crippen molar-refractivity contribution in [3.63, 3.8) is 0 Å². The van der Waals surface area contributed by atoms with Crippen molar-refractivity contribution in [1.82, 2.24) is 10.2 Å². The molecule has 41 heavy (non-hydrogen) atoms. The molecule has 2 atom stereocenters. The molecule has 0 aliphatic heterocycles. The van der Waals surface area contributed by atoms with Crippen LogP contribution < -0.4 is 14.4 Å². The highest BCUT2D eigenvalue weighted by molar-refractivity contribution is 7.92. The van der Waals surface area contributed by atoms with Crippen molar-refractivity contribution < 1.29 is 27.1 Å². The molecule has 2 amide bonds. The first-order valence-corrected chi connectivity index (χ1v) is 15.0. The van der Waals surface area contributed by atoms with E-state index < -0.39 is 34.3 Å². The summed E-state index contributed by atoms with van der Waals surface area (Å²) in [7, 11) is -2.73. The quantitative estimate of drug-likeness (QED) is 0.304. The number of sulfonamides is 1. The maximum absolute atomic E-state index is 14.1. The van der Waals surface area contributed by atoms with Crippen molar-refractivity contribution in [2.24, 2.45) is 0 Å². The van der Waals surface area contributed by atoms with Crippen LogP contribution in [-0.4, -0.2) is 50.9 Å². The minimum absolute atomic E-state index is 0.0118. The van der Waals surface area contributed by atoms with E-state index in [0.29, 0.717) is 24.2 Å². The van der Waals surface area contributed by atoms with Crippen LogP contribution in [0.15, 0.2) is 77.7 Å². The predicted octanol–water partition coefficient (Wildman–Crippen LogP) is 5.06. The van der Waals surface area contributed by atoms with E-state index in [2.05, 4.69) is 5.32 Å². The highest BCUT2D eigenvalue weighted by Gasteiger charge is 2.34. The molecule has 0 aliphatic carbocycles. The Morgan fingerprint density at radius 2 is 1.63 bits per heavy atom. The minimum atomic E-state index is -4.20. The van der Waals surface area contributed by atoms with Gasteiger partial charge < -0.3 is 15.0 Å². The van der Waals surface area contributed by atoms with E-state index in [1.807, 2.05) is 20.8 Å². The third-order valence-corrected chi connectivity index (χ3v) is 8.67. The molecule has 0 saturated heterocycles. The molecule has 0 radical (unpaired) electrons. The van der Waals surface area contributed by atoms with Gasteiger partial charge in [-0.1, -0.05) is 49.7 Å². The molecule has 0 fully saturated rings. The molecule has 0 heterocycles. The molecule has 2 unspecified atom stereocenters. The number of nitrogens with zero attached hydrogens (tertiary/aromatic N) is 2. The maximum Gasteiger partial charge on any atom is 0.264 e. The maximum atomic E-state index is 14.1. The summed E-state index contributed by atoms with van der Waals surface area (Å²) in [6, 6.07) is 17.4. The Hall–Kier alpha value is -3.92. The summed E-state index contributed by atoms with van der Waals surface area (Å²) in [5.41, 5.74) is 1.72. The second-order valence-corrected chi connectivity index (χ2v) is 11.8. The highest BCUT2D eigenvalue weighted by atomic mass is 32.2. The number of carbonyl (C=O) groups is 2. The number of anilines is 1. The summed E-state index contributed by atoms with van der Waals surface area (Å²) in [6.07, 6.45) is 0.992. The van der Waals surface area contributed by atoms with E-state index in [-0.39, 0.29) is 29.1 Å². The van der Waals surface area contributed by atoms with Gasteiger partial charge in [-0.2, -0.15) is 0 Å². The van der Waals surface area contributed by atoms with E-state index in [4.69, 9.17) is 4.74 Å². The smallest absolute Gasteiger partial charge is 0.264 e. The molecule has 0 spiro atoms. The number of carbonyl (C=O) groups excluding carboxylic acids is 2. The van der Waals surface area contributed by atoms with Gasteiger partial charge in [-0.15, -0.1) is 0 Å². The molecular weight excluding hydrogens is 545 g/mol. The topological polar surface area (TPSA) is 96.0 Å². The molecule has 8 nitrogen and oxygen atoms in total. The standard InChI is InChI=1S/C31H38FN3O5S/c1-6-23(4)33-31(37)29(7-2)34(20-24-13-15-25(32)16-14-24)30(36)21-35(26-9-8-10-27(19-26)40-5)41(38,39)28-17-11-22(3)12-18-28/h8-19,23,29H,6-7,20-21H2,1-5H3,(H,33,37). The Bertz CT molecular complexity index is 1430. The summed E-state index contributed by atoms with van der Waals surface area (Å²) in [6.45, 7) is 6.86. The van der Waals surface area contributed by atoms with Gasteiger partial charge in [-0.05, 0) is 68.7 Å². The number of benzene rings is 3. The van der Waals surface area contributed by atoms with Gasteiger partial charge in [-0.3, -0.25) is 13.9 Å². The zero-order chi connectivity index (χ0) is 30.2. The summed E-state index contributed by atoms with van der Waals surface area (Å²) in [5, 5.41) is 2.93. The lowest BCUT2D eigenvalue weighted by Crippen LogP contribution is -2.53. The van der Waals surface area contributed by atoms with Gasteiger partial charge in [0.05, 0.1) is 17.7 Å². The summed E-state index contributed by atoms with van der Waals surface area (Å²) < 4.78 is 47.9. The van der Waals surface area contributed by atoms with Gasteiger partial charge in [0.1, 0.15) is 24.2 Å². The number of rotatable bonds is 13.